The zero-order valence-electron chi connectivity index (χ0n) is 14.2. The van der Waals surface area contributed by atoms with Crippen molar-refractivity contribution in [1.82, 2.24) is 15.0 Å². The van der Waals surface area contributed by atoms with Crippen molar-refractivity contribution in [1.29, 1.82) is 0 Å². The normalized spacial score (nSPS) is 11.2. The van der Waals surface area contributed by atoms with Gasteiger partial charge in [-0.15, -0.1) is 25.3 Å². The van der Waals surface area contributed by atoms with E-state index in [9.17, 15) is 0 Å². The molecule has 0 amide bonds. The molecule has 7 nitrogen and oxygen atoms in total. The Morgan fingerprint density at radius 3 is 1.83 bits per heavy atom. The van der Waals surface area contributed by atoms with E-state index in [0.29, 0.717) is 42.6 Å². The standard InChI is InChI=1S/C12H24N4O3S2Si.Na/c1-4-17-22(18-5-2,19-6-3)9-7-8-13-10-14-11(20)16-12(21)15-10;/h4-9H2,1-3H3,(H3,13,14,15,16,20,21);/q;-6. The molecule has 0 saturated carbocycles. The van der Waals surface area contributed by atoms with Crippen molar-refractivity contribution in [3.63, 3.8) is 0 Å². The van der Waals surface area contributed by atoms with Gasteiger partial charge < -0.3 is 48.2 Å². The molecule has 133 valence electrons. The zero-order chi connectivity index (χ0) is 16.4. The summed E-state index contributed by atoms with van der Waals surface area (Å²) in [5.41, 5.74) is 0. The van der Waals surface area contributed by atoms with Crippen LogP contribution in [-0.4, -0.2) is 79.7 Å². The van der Waals surface area contributed by atoms with E-state index in [1.807, 2.05) is 20.8 Å². The van der Waals surface area contributed by atoms with Crippen LogP contribution in [0.5, 0.6) is 0 Å². The maximum atomic E-state index is 5.80. The van der Waals surface area contributed by atoms with Crippen LogP contribution in [0.1, 0.15) is 27.2 Å². The van der Waals surface area contributed by atoms with Gasteiger partial charge in [0.15, 0.2) is 10.3 Å². The average Bonchev–Trinajstić information content (AvgIpc) is 2.43. The predicted molar refractivity (Wildman–Crippen MR) is 98.6 cm³/mol. The van der Waals surface area contributed by atoms with E-state index >= 15 is 0 Å². The molecule has 0 aromatic carbocycles. The third kappa shape index (κ3) is 9.03. The second-order valence-corrected chi connectivity index (χ2v) is 7.80. The Labute approximate surface area is 172 Å². The summed E-state index contributed by atoms with van der Waals surface area (Å²) in [6.45, 7) is 8.27. The summed E-state index contributed by atoms with van der Waals surface area (Å²) >= 11 is 8.19. The summed E-state index contributed by atoms with van der Waals surface area (Å²) in [5, 5.41) is 3.80. The molecular formula is C12H24N4NaO3S2Si-6. The zero-order valence-corrected chi connectivity index (χ0v) is 19.0. The van der Waals surface area contributed by atoms with Crippen LogP contribution in [0, 0.1) is 0 Å². The number of nitrogens with zero attached hydrogens (tertiary/aromatic N) is 3. The predicted octanol–water partition coefficient (Wildman–Crippen LogP) is 1.92. The van der Waals surface area contributed by atoms with Gasteiger partial charge in [-0.3, -0.25) is 0 Å². The fourth-order valence-electron chi connectivity index (χ4n) is 1.94. The molecule has 0 bridgehead atoms. The minimum Gasteiger partial charge on any atom is -6.00 e. The molecule has 23 heavy (non-hydrogen) atoms. The van der Waals surface area contributed by atoms with E-state index in [0.717, 1.165) is 12.5 Å². The number of hydrogen-bond donors (Lipinski definition) is 3. The molecule has 1 heterocycles. The van der Waals surface area contributed by atoms with Gasteiger partial charge in [0.2, 0.25) is 5.95 Å². The van der Waals surface area contributed by atoms with E-state index in [2.05, 4.69) is 45.5 Å². The second-order valence-electron chi connectivity index (χ2n) is 4.27. The Kier molecular flexibility index (Phi) is 13.2. The van der Waals surface area contributed by atoms with Gasteiger partial charge in [-0.1, -0.05) is 0 Å². The molecule has 1 rings (SSSR count). The molecule has 0 saturated heterocycles. The largest absolute Gasteiger partial charge is 6.00 e. The number of rotatable bonds is 11. The van der Waals surface area contributed by atoms with Gasteiger partial charge in [-0.2, -0.15) is 15.0 Å². The van der Waals surface area contributed by atoms with Gasteiger partial charge in [0, 0.05) is 32.4 Å². The Morgan fingerprint density at radius 1 is 0.913 bits per heavy atom. The van der Waals surface area contributed by atoms with Gasteiger partial charge >= 0.3 is 8.80 Å². The molecule has 1 aromatic heterocycles. The molecule has 0 spiro atoms. The molecule has 1 N–H and O–H groups in total. The quantitative estimate of drug-likeness (QED) is 0.304. The molecule has 0 unspecified atom stereocenters. The summed E-state index contributed by atoms with van der Waals surface area (Å²) in [7, 11) is -2.58. The molecule has 0 atom stereocenters. The van der Waals surface area contributed by atoms with Crippen LogP contribution >= 0.6 is 25.3 Å². The Balaban J connectivity index is 0.00000484. The van der Waals surface area contributed by atoms with Gasteiger partial charge in [-0.05, 0) is 27.2 Å². The number of aromatic nitrogens is 3. The van der Waals surface area contributed by atoms with Crippen LogP contribution in [0.4, 0.5) is 5.95 Å². The molecule has 1 radical (unpaired) electrons. The van der Waals surface area contributed by atoms with Crippen LogP contribution < -0.4 is 5.32 Å². The first kappa shape index (κ1) is 23.6. The van der Waals surface area contributed by atoms with Gasteiger partial charge in [0.05, 0.1) is 0 Å². The number of thiol groups is 2. The first-order valence-corrected chi connectivity index (χ1v) is 10.2. The fraction of sp³-hybridized carbons (Fsp3) is 0.750. The van der Waals surface area contributed by atoms with Crippen molar-refractivity contribution in [2.24, 2.45) is 0 Å². The summed E-state index contributed by atoms with van der Waals surface area (Å²) in [6, 6.07) is 0.738. The molecule has 0 aliphatic heterocycles. The molecule has 0 aliphatic carbocycles. The Bertz CT molecular complexity index is 425. The monoisotopic (exact) mass is 387 g/mol. The van der Waals surface area contributed by atoms with Crippen molar-refractivity contribution >= 4 is 69.6 Å². The van der Waals surface area contributed by atoms with Crippen LogP contribution in [0.3, 0.4) is 0 Å². The third-order valence-corrected chi connectivity index (χ3v) is 6.20. The van der Waals surface area contributed by atoms with Crippen molar-refractivity contribution in [3.8, 4) is 0 Å². The minimum atomic E-state index is -2.58. The van der Waals surface area contributed by atoms with Crippen LogP contribution in [0.15, 0.2) is 10.3 Å². The smallest absolute Gasteiger partial charge is 0.500 e. The maximum absolute atomic E-state index is 5.80. The SMILES string of the molecule is CCO[Si](CCCNc1nc(S)nc(S)n1)(OCC)OCC.[Na-6]. The van der Waals surface area contributed by atoms with Crippen molar-refractivity contribution in [2.75, 3.05) is 31.7 Å². The summed E-state index contributed by atoms with van der Waals surface area (Å²) in [5.74, 6) is 0.460. The van der Waals surface area contributed by atoms with Gasteiger partial charge in [0.25, 0.3) is 0 Å². The van der Waals surface area contributed by atoms with E-state index < -0.39 is 8.80 Å². The van der Waals surface area contributed by atoms with E-state index in [4.69, 9.17) is 13.3 Å². The van der Waals surface area contributed by atoms with Crippen molar-refractivity contribution in [3.05, 3.63) is 0 Å². The second kappa shape index (κ2) is 12.9. The topological polar surface area (TPSA) is 78.4 Å². The maximum Gasteiger partial charge on any atom is 0.500 e. The van der Waals surface area contributed by atoms with E-state index in [1.165, 1.54) is 0 Å². The third-order valence-electron chi connectivity index (χ3n) is 2.65. The average molecular weight is 388 g/mol. The fourth-order valence-corrected chi connectivity index (χ4v) is 5.01. The Hall–Kier alpha value is 0.607. The molecular weight excluding hydrogens is 363 g/mol. The van der Waals surface area contributed by atoms with E-state index in [-0.39, 0.29) is 29.6 Å². The molecule has 1 aromatic rings. The summed E-state index contributed by atoms with van der Waals surface area (Å²) in [4.78, 5) is 12.0. The number of anilines is 1. The van der Waals surface area contributed by atoms with Crippen molar-refractivity contribution < 1.29 is 13.3 Å². The van der Waals surface area contributed by atoms with Crippen molar-refractivity contribution in [2.45, 2.75) is 43.5 Å². The van der Waals surface area contributed by atoms with Crippen LogP contribution in [0.25, 0.3) is 0 Å². The van der Waals surface area contributed by atoms with Gasteiger partial charge in [0.1, 0.15) is 0 Å². The first-order valence-electron chi connectivity index (χ1n) is 7.35. The van der Waals surface area contributed by atoms with Gasteiger partial charge in [-0.25, -0.2) is 0 Å². The Morgan fingerprint density at radius 2 is 1.39 bits per heavy atom. The first-order chi connectivity index (χ1) is 10.5. The minimum absolute atomic E-state index is 0. The number of nitrogens with one attached hydrogen (secondary N) is 1. The summed E-state index contributed by atoms with van der Waals surface area (Å²) in [6.07, 6.45) is 0.821. The molecule has 0 fully saturated rings. The number of hydrogen-bond acceptors (Lipinski definition) is 9. The molecule has 11 heteroatoms. The van der Waals surface area contributed by atoms with E-state index in [1.54, 1.807) is 0 Å². The van der Waals surface area contributed by atoms with Crippen LogP contribution in [-0.2, 0) is 13.3 Å². The van der Waals surface area contributed by atoms with Crippen LogP contribution in [0.2, 0.25) is 6.04 Å². The molecule has 0 aliphatic rings. The summed E-state index contributed by atoms with van der Waals surface area (Å²) < 4.78 is 17.4.